The van der Waals surface area contributed by atoms with Gasteiger partial charge >= 0.3 is 0 Å². The molecular weight excluding hydrogens is 338 g/mol. The van der Waals surface area contributed by atoms with Crippen molar-refractivity contribution in [2.45, 2.75) is 37.5 Å². The summed E-state index contributed by atoms with van der Waals surface area (Å²) in [5.74, 6) is 0.926. The van der Waals surface area contributed by atoms with Crippen LogP contribution in [-0.4, -0.2) is 34.5 Å². The van der Waals surface area contributed by atoms with E-state index in [0.29, 0.717) is 36.0 Å². The number of hydrogen-bond acceptors (Lipinski definition) is 5. The van der Waals surface area contributed by atoms with E-state index in [1.54, 1.807) is 22.8 Å². The van der Waals surface area contributed by atoms with Gasteiger partial charge in [0.2, 0.25) is 10.0 Å². The molecule has 0 aliphatic heterocycles. The van der Waals surface area contributed by atoms with E-state index in [1.165, 1.54) is 6.33 Å². The lowest BCUT2D eigenvalue weighted by atomic mass is 10.0. The quantitative estimate of drug-likeness (QED) is 0.653. The number of sulfonamides is 1. The van der Waals surface area contributed by atoms with Crippen molar-refractivity contribution in [3.05, 3.63) is 54.1 Å². The molecule has 132 valence electrons. The Labute approximate surface area is 147 Å². The highest BCUT2D eigenvalue weighted by Gasteiger charge is 2.13. The van der Waals surface area contributed by atoms with Crippen LogP contribution in [0.3, 0.4) is 0 Å². The molecule has 0 aliphatic carbocycles. The van der Waals surface area contributed by atoms with Gasteiger partial charge in [-0.05, 0) is 42.0 Å². The first kappa shape index (κ1) is 17.5. The monoisotopic (exact) mass is 359 g/mol. The Hall–Kier alpha value is -2.32. The third-order valence-electron chi connectivity index (χ3n) is 3.98. The average molecular weight is 359 g/mol. The first-order valence-corrected chi connectivity index (χ1v) is 9.68. The Morgan fingerprint density at radius 2 is 1.92 bits per heavy atom. The Bertz CT molecular complexity index is 949. The number of fused-ring (bicyclic) bond motifs is 1. The Kier molecular flexibility index (Phi) is 5.10. The highest BCUT2D eigenvalue weighted by molar-refractivity contribution is 7.89. The smallest absolute Gasteiger partial charge is 0.219 e. The van der Waals surface area contributed by atoms with Gasteiger partial charge in [0, 0.05) is 18.9 Å². The second-order valence-electron chi connectivity index (χ2n) is 6.19. The fourth-order valence-corrected chi connectivity index (χ4v) is 3.58. The van der Waals surface area contributed by atoms with Crippen LogP contribution in [0.2, 0.25) is 0 Å². The van der Waals surface area contributed by atoms with Crippen LogP contribution in [0.5, 0.6) is 0 Å². The summed E-state index contributed by atoms with van der Waals surface area (Å²) in [6.07, 6.45) is 6.42. The van der Waals surface area contributed by atoms with Gasteiger partial charge in [0.1, 0.15) is 6.33 Å². The first-order valence-electron chi connectivity index (χ1n) is 8.19. The Balaban J connectivity index is 1.55. The van der Waals surface area contributed by atoms with E-state index in [4.69, 9.17) is 0 Å². The zero-order chi connectivity index (χ0) is 17.9. The molecule has 0 spiro atoms. The molecule has 0 amide bonds. The number of nitrogens with one attached hydrogen (secondary N) is 1. The maximum Gasteiger partial charge on any atom is 0.252 e. The lowest BCUT2D eigenvalue weighted by molar-refractivity contribution is 0.579. The molecule has 0 unspecified atom stereocenters. The summed E-state index contributed by atoms with van der Waals surface area (Å²) in [4.78, 5) is 8.47. The zero-order valence-electron chi connectivity index (χ0n) is 14.3. The van der Waals surface area contributed by atoms with Crippen molar-refractivity contribution in [3.8, 4) is 0 Å². The van der Waals surface area contributed by atoms with Crippen molar-refractivity contribution in [1.82, 2.24) is 24.3 Å². The van der Waals surface area contributed by atoms with Gasteiger partial charge in [0.25, 0.3) is 5.78 Å². The van der Waals surface area contributed by atoms with Crippen LogP contribution >= 0.6 is 0 Å². The topological polar surface area (TPSA) is 89.2 Å². The van der Waals surface area contributed by atoms with Crippen molar-refractivity contribution in [2.75, 3.05) is 6.54 Å². The summed E-state index contributed by atoms with van der Waals surface area (Å²) >= 11 is 0. The van der Waals surface area contributed by atoms with Gasteiger partial charge in [-0.3, -0.25) is 0 Å². The van der Waals surface area contributed by atoms with Gasteiger partial charge in [-0.15, -0.1) is 0 Å². The summed E-state index contributed by atoms with van der Waals surface area (Å²) in [5, 5.41) is 4.04. The van der Waals surface area contributed by atoms with Crippen LogP contribution in [0.4, 0.5) is 0 Å². The minimum atomic E-state index is -3.48. The summed E-state index contributed by atoms with van der Waals surface area (Å²) < 4.78 is 28.9. The summed E-state index contributed by atoms with van der Waals surface area (Å²) in [5.41, 5.74) is 2.11. The van der Waals surface area contributed by atoms with Crippen molar-refractivity contribution in [2.24, 2.45) is 0 Å². The minimum absolute atomic E-state index is 0.294. The summed E-state index contributed by atoms with van der Waals surface area (Å²) in [6, 6.07) is 7.02. The number of aromatic nitrogens is 4. The Morgan fingerprint density at radius 3 is 2.64 bits per heavy atom. The molecule has 0 atom stereocenters. The molecule has 0 radical (unpaired) electrons. The van der Waals surface area contributed by atoms with Crippen LogP contribution in [0.1, 0.15) is 37.3 Å². The van der Waals surface area contributed by atoms with Gasteiger partial charge in [0.15, 0.2) is 0 Å². The van der Waals surface area contributed by atoms with Crippen molar-refractivity contribution < 1.29 is 8.42 Å². The minimum Gasteiger partial charge on any atom is -0.219 e. The van der Waals surface area contributed by atoms with E-state index in [9.17, 15) is 8.42 Å². The number of aryl methyl sites for hydroxylation is 1. The van der Waals surface area contributed by atoms with Gasteiger partial charge in [-0.1, -0.05) is 26.0 Å². The van der Waals surface area contributed by atoms with Crippen molar-refractivity contribution in [3.63, 3.8) is 0 Å². The van der Waals surface area contributed by atoms with E-state index in [1.807, 2.05) is 18.3 Å². The molecule has 8 heteroatoms. The molecule has 7 nitrogen and oxygen atoms in total. The third kappa shape index (κ3) is 4.21. The molecular formula is C17H21N5O2S. The predicted molar refractivity (Wildman–Crippen MR) is 94.8 cm³/mol. The normalized spacial score (nSPS) is 12.1. The molecule has 1 aromatic carbocycles. The van der Waals surface area contributed by atoms with E-state index in [0.717, 1.165) is 11.1 Å². The molecule has 2 heterocycles. The molecule has 0 aliphatic rings. The highest BCUT2D eigenvalue weighted by Crippen LogP contribution is 2.17. The molecule has 2 aromatic heterocycles. The highest BCUT2D eigenvalue weighted by atomic mass is 32.2. The van der Waals surface area contributed by atoms with Crippen LogP contribution in [-0.2, 0) is 16.4 Å². The molecule has 0 saturated heterocycles. The average Bonchev–Trinajstić information content (AvgIpc) is 3.06. The van der Waals surface area contributed by atoms with E-state index >= 15 is 0 Å². The van der Waals surface area contributed by atoms with Crippen LogP contribution in [0.25, 0.3) is 5.78 Å². The maximum atomic E-state index is 12.3. The lowest BCUT2D eigenvalue weighted by Gasteiger charge is -2.09. The van der Waals surface area contributed by atoms with Crippen LogP contribution in [0, 0.1) is 0 Å². The summed E-state index contributed by atoms with van der Waals surface area (Å²) in [7, 11) is -3.48. The molecule has 1 N–H and O–H groups in total. The maximum absolute atomic E-state index is 12.3. The van der Waals surface area contributed by atoms with E-state index in [2.05, 4.69) is 33.6 Å². The van der Waals surface area contributed by atoms with Gasteiger partial charge in [-0.2, -0.15) is 10.1 Å². The zero-order valence-corrected chi connectivity index (χ0v) is 15.1. The second-order valence-corrected chi connectivity index (χ2v) is 7.96. The number of benzene rings is 1. The predicted octanol–water partition coefficient (Wildman–Crippen LogP) is 2.16. The molecule has 0 bridgehead atoms. The molecule has 0 saturated carbocycles. The van der Waals surface area contributed by atoms with Gasteiger partial charge in [0.05, 0.1) is 4.90 Å². The fraction of sp³-hybridized carbons (Fsp3) is 0.353. The number of nitrogens with zero attached hydrogens (tertiary/aromatic N) is 4. The van der Waals surface area contributed by atoms with Gasteiger partial charge in [-0.25, -0.2) is 22.6 Å². The van der Waals surface area contributed by atoms with E-state index < -0.39 is 10.0 Å². The summed E-state index contributed by atoms with van der Waals surface area (Å²) in [6.45, 7) is 4.52. The van der Waals surface area contributed by atoms with Crippen molar-refractivity contribution >= 4 is 15.8 Å². The third-order valence-corrected chi connectivity index (χ3v) is 5.46. The van der Waals surface area contributed by atoms with Crippen LogP contribution < -0.4 is 4.72 Å². The molecule has 25 heavy (non-hydrogen) atoms. The molecule has 0 fully saturated rings. The van der Waals surface area contributed by atoms with Crippen LogP contribution in [0.15, 0.2) is 47.9 Å². The standard InChI is InChI=1S/C17H21N5O2S/c1-13(2)15-5-7-16(8-6-15)25(23,24)21-9-3-4-14-10-18-17-19-12-20-22(17)11-14/h5-8,10-13,21H,3-4,9H2,1-2H3. The molecule has 3 aromatic rings. The van der Waals surface area contributed by atoms with Gasteiger partial charge < -0.3 is 0 Å². The first-order chi connectivity index (χ1) is 12.0. The van der Waals surface area contributed by atoms with E-state index in [-0.39, 0.29) is 0 Å². The SMILES string of the molecule is CC(C)c1ccc(S(=O)(=O)NCCCc2cnc3ncnn3c2)cc1. The molecule has 3 rings (SSSR count). The largest absolute Gasteiger partial charge is 0.252 e. The lowest BCUT2D eigenvalue weighted by Crippen LogP contribution is -2.25. The van der Waals surface area contributed by atoms with Crippen molar-refractivity contribution in [1.29, 1.82) is 0 Å². The fourth-order valence-electron chi connectivity index (χ4n) is 2.50. The number of hydrogen-bond donors (Lipinski definition) is 1. The number of rotatable bonds is 7. The second kappa shape index (κ2) is 7.28. The Morgan fingerprint density at radius 1 is 1.16 bits per heavy atom.